The van der Waals surface area contributed by atoms with Crippen LogP contribution in [0.25, 0.3) is 10.9 Å². The van der Waals surface area contributed by atoms with E-state index < -0.39 is 21.5 Å². The van der Waals surface area contributed by atoms with E-state index >= 15 is 0 Å². The van der Waals surface area contributed by atoms with Crippen molar-refractivity contribution in [1.82, 2.24) is 19.1 Å². The maximum absolute atomic E-state index is 13.8. The first-order chi connectivity index (χ1) is 17.0. The molecule has 0 bridgehead atoms. The van der Waals surface area contributed by atoms with Crippen LogP contribution >= 0.6 is 15.9 Å². The van der Waals surface area contributed by atoms with E-state index in [-0.39, 0.29) is 34.8 Å². The van der Waals surface area contributed by atoms with Gasteiger partial charge in [0.1, 0.15) is 6.54 Å². The highest BCUT2D eigenvalue weighted by atomic mass is 79.9. The molecule has 1 N–H and O–H groups in total. The largest absolute Gasteiger partial charge is 0.347 e. The van der Waals surface area contributed by atoms with Gasteiger partial charge in [-0.05, 0) is 35.9 Å². The number of pyridine rings is 1. The number of aromatic nitrogens is 1. The summed E-state index contributed by atoms with van der Waals surface area (Å²) in [5.74, 6) is -0.846. The first-order valence-corrected chi connectivity index (χ1v) is 13.6. The highest BCUT2D eigenvalue weighted by molar-refractivity contribution is 9.10. The van der Waals surface area contributed by atoms with Crippen LogP contribution in [-0.4, -0.2) is 73.1 Å². The fourth-order valence-electron chi connectivity index (χ4n) is 3.77. The van der Waals surface area contributed by atoms with Crippen LogP contribution in [0, 0.1) is 0 Å². The number of rotatable bonds is 9. The van der Waals surface area contributed by atoms with Crippen LogP contribution in [0.4, 0.5) is 0 Å². The van der Waals surface area contributed by atoms with Gasteiger partial charge < -0.3 is 14.8 Å². The first kappa shape index (κ1) is 27.6. The topological polar surface area (TPSA) is 111 Å². The lowest BCUT2D eigenvalue weighted by molar-refractivity contribution is -0.129. The Kier molecular flexibility index (Phi) is 8.70. The van der Waals surface area contributed by atoms with Gasteiger partial charge in [0.2, 0.25) is 21.5 Å². The van der Waals surface area contributed by atoms with E-state index in [2.05, 4.69) is 20.9 Å². The molecule has 0 atom stereocenters. The quantitative estimate of drug-likeness (QED) is 0.421. The van der Waals surface area contributed by atoms with Gasteiger partial charge in [-0.15, -0.1) is 0 Å². The number of benzene rings is 2. The van der Waals surface area contributed by atoms with Crippen LogP contribution in [0.3, 0.4) is 0 Å². The van der Waals surface area contributed by atoms with Crippen LogP contribution in [0.15, 0.2) is 62.7 Å². The van der Waals surface area contributed by atoms with Crippen molar-refractivity contribution in [3.8, 4) is 0 Å². The summed E-state index contributed by atoms with van der Waals surface area (Å²) >= 11 is 3.38. The number of aromatic amines is 1. The molecule has 3 rings (SSSR count). The average molecular weight is 578 g/mol. The molecular weight excluding hydrogens is 548 g/mol. The third-order valence-corrected chi connectivity index (χ3v) is 8.36. The van der Waals surface area contributed by atoms with Crippen molar-refractivity contribution in [3.05, 3.63) is 74.5 Å². The standard InChI is InChI=1S/C25H29BrN4O5S/c1-5-30(6-2)36(34,35)19-11-12-22-20(13-19)21(14-23(31)27-22)25(33)29(16-24(32)28(3)4)15-17-7-9-18(26)10-8-17/h7-14H,5-6,15-16H2,1-4H3,(H,27,31). The number of likely N-dealkylation sites (N-methyl/N-ethyl adjacent to an activating group) is 1. The number of hydrogen-bond donors (Lipinski definition) is 1. The van der Waals surface area contributed by atoms with Crippen LogP contribution in [0.2, 0.25) is 0 Å². The molecule has 0 saturated heterocycles. The van der Waals surface area contributed by atoms with Crippen molar-refractivity contribution in [2.24, 2.45) is 0 Å². The fourth-order valence-corrected chi connectivity index (χ4v) is 5.52. The Hall–Kier alpha value is -3.02. The maximum atomic E-state index is 13.8. The van der Waals surface area contributed by atoms with Gasteiger partial charge in [-0.2, -0.15) is 4.31 Å². The van der Waals surface area contributed by atoms with Crippen LogP contribution in [-0.2, 0) is 21.4 Å². The van der Waals surface area contributed by atoms with Crippen molar-refractivity contribution in [3.63, 3.8) is 0 Å². The number of H-pyrrole nitrogens is 1. The smallest absolute Gasteiger partial charge is 0.255 e. The number of fused-ring (bicyclic) bond motifs is 1. The molecule has 0 unspecified atom stereocenters. The van der Waals surface area contributed by atoms with E-state index in [0.717, 1.165) is 16.1 Å². The van der Waals surface area contributed by atoms with E-state index in [4.69, 9.17) is 0 Å². The van der Waals surface area contributed by atoms with Gasteiger partial charge >= 0.3 is 0 Å². The predicted octanol–water partition coefficient (Wildman–Crippen LogP) is 3.05. The number of hydrogen-bond acceptors (Lipinski definition) is 5. The van der Waals surface area contributed by atoms with Gasteiger partial charge in [-0.25, -0.2) is 8.42 Å². The molecule has 192 valence electrons. The molecule has 0 fully saturated rings. The van der Waals surface area contributed by atoms with Gasteiger partial charge in [-0.3, -0.25) is 14.4 Å². The third-order valence-electron chi connectivity index (χ3n) is 5.79. The highest BCUT2D eigenvalue weighted by Crippen LogP contribution is 2.24. The van der Waals surface area contributed by atoms with E-state index in [9.17, 15) is 22.8 Å². The second-order valence-corrected chi connectivity index (χ2v) is 11.3. The SMILES string of the molecule is CCN(CC)S(=O)(=O)c1ccc2[nH]c(=O)cc(C(=O)N(CC(=O)N(C)C)Cc3ccc(Br)cc3)c2c1. The van der Waals surface area contributed by atoms with Crippen molar-refractivity contribution >= 4 is 48.7 Å². The highest BCUT2D eigenvalue weighted by Gasteiger charge is 2.26. The number of halogens is 1. The first-order valence-electron chi connectivity index (χ1n) is 11.4. The molecule has 1 aromatic heterocycles. The average Bonchev–Trinajstić information content (AvgIpc) is 2.84. The van der Waals surface area contributed by atoms with Gasteiger partial charge in [0.25, 0.3) is 5.91 Å². The number of carbonyl (C=O) groups is 2. The second-order valence-electron chi connectivity index (χ2n) is 8.42. The Labute approximate surface area is 218 Å². The Morgan fingerprint density at radius 2 is 1.61 bits per heavy atom. The van der Waals surface area contributed by atoms with Gasteiger partial charge in [-0.1, -0.05) is 41.9 Å². The molecule has 11 heteroatoms. The minimum atomic E-state index is -3.80. The third kappa shape index (κ3) is 6.03. The van der Waals surface area contributed by atoms with E-state index in [1.807, 2.05) is 24.3 Å². The molecule has 3 aromatic rings. The molecule has 0 aliphatic carbocycles. The van der Waals surface area contributed by atoms with Crippen molar-refractivity contribution in [2.45, 2.75) is 25.3 Å². The Morgan fingerprint density at radius 3 is 2.19 bits per heavy atom. The molecule has 0 spiro atoms. The van der Waals surface area contributed by atoms with Gasteiger partial charge in [0.15, 0.2) is 0 Å². The van der Waals surface area contributed by atoms with Gasteiger partial charge in [0, 0.05) is 55.2 Å². The summed E-state index contributed by atoms with van der Waals surface area (Å²) in [6, 6.07) is 12.8. The molecular formula is C25H29BrN4O5S. The predicted molar refractivity (Wildman–Crippen MR) is 142 cm³/mol. The molecule has 2 aromatic carbocycles. The molecule has 2 amide bonds. The Morgan fingerprint density at radius 1 is 0.972 bits per heavy atom. The second kappa shape index (κ2) is 11.4. The maximum Gasteiger partial charge on any atom is 0.255 e. The number of nitrogens with one attached hydrogen (secondary N) is 1. The molecule has 9 nitrogen and oxygen atoms in total. The lowest BCUT2D eigenvalue weighted by atomic mass is 10.1. The minimum Gasteiger partial charge on any atom is -0.347 e. The van der Waals surface area contributed by atoms with Crippen molar-refractivity contribution in [1.29, 1.82) is 0 Å². The number of sulfonamides is 1. The zero-order valence-corrected chi connectivity index (χ0v) is 23.0. The molecule has 0 saturated carbocycles. The minimum absolute atomic E-state index is 0.0172. The summed E-state index contributed by atoms with van der Waals surface area (Å²) in [6.07, 6.45) is 0. The molecule has 0 aliphatic heterocycles. The number of nitrogens with zero attached hydrogens (tertiary/aromatic N) is 3. The fraction of sp³-hybridized carbons (Fsp3) is 0.320. The summed E-state index contributed by atoms with van der Waals surface area (Å²) in [5, 5.41) is 0.283. The van der Waals surface area contributed by atoms with Crippen LogP contribution in [0.1, 0.15) is 29.8 Å². The van der Waals surface area contributed by atoms with Crippen LogP contribution in [0.5, 0.6) is 0 Å². The number of carbonyl (C=O) groups excluding carboxylic acids is 2. The van der Waals surface area contributed by atoms with Crippen LogP contribution < -0.4 is 5.56 Å². The summed E-state index contributed by atoms with van der Waals surface area (Å²) in [4.78, 5) is 44.2. The van der Waals surface area contributed by atoms with Crippen molar-refractivity contribution < 1.29 is 18.0 Å². The monoisotopic (exact) mass is 576 g/mol. The Bertz CT molecular complexity index is 1430. The summed E-state index contributed by atoms with van der Waals surface area (Å²) < 4.78 is 28.4. The van der Waals surface area contributed by atoms with E-state index in [1.165, 1.54) is 32.3 Å². The molecule has 0 radical (unpaired) electrons. The lowest BCUT2D eigenvalue weighted by Crippen LogP contribution is -2.40. The van der Waals surface area contributed by atoms with E-state index in [1.54, 1.807) is 27.9 Å². The summed E-state index contributed by atoms with van der Waals surface area (Å²) in [7, 11) is -0.608. The zero-order valence-electron chi connectivity index (χ0n) is 20.6. The molecule has 36 heavy (non-hydrogen) atoms. The molecule has 1 heterocycles. The Balaban J connectivity index is 2.14. The number of amides is 2. The van der Waals surface area contributed by atoms with Gasteiger partial charge in [0.05, 0.1) is 10.5 Å². The summed E-state index contributed by atoms with van der Waals surface area (Å²) in [5.41, 5.74) is 0.630. The summed E-state index contributed by atoms with van der Waals surface area (Å²) in [6.45, 7) is 3.99. The normalized spacial score (nSPS) is 11.6. The van der Waals surface area contributed by atoms with Crippen molar-refractivity contribution in [2.75, 3.05) is 33.7 Å². The lowest BCUT2D eigenvalue weighted by Gasteiger charge is -2.25. The zero-order chi connectivity index (χ0) is 26.6. The van der Waals surface area contributed by atoms with E-state index in [0.29, 0.717) is 18.6 Å². The molecule has 0 aliphatic rings.